The fourth-order valence-corrected chi connectivity index (χ4v) is 1.08. The Morgan fingerprint density at radius 1 is 1.20 bits per heavy atom. The minimum atomic E-state index is 0.186. The van der Waals surface area contributed by atoms with Gasteiger partial charge in [0.2, 0.25) is 0 Å². The van der Waals surface area contributed by atoms with E-state index in [1.165, 1.54) is 0 Å². The van der Waals surface area contributed by atoms with Crippen molar-refractivity contribution in [1.82, 2.24) is 0 Å². The van der Waals surface area contributed by atoms with Gasteiger partial charge < -0.3 is 10.2 Å². The lowest BCUT2D eigenvalue weighted by Gasteiger charge is -2.18. The number of aliphatic hydroxyl groups excluding tert-OH is 2. The van der Waals surface area contributed by atoms with Gasteiger partial charge in [-0.25, -0.2) is 0 Å². The summed E-state index contributed by atoms with van der Waals surface area (Å²) in [6, 6.07) is 0. The van der Waals surface area contributed by atoms with Gasteiger partial charge in [0.05, 0.1) is 0 Å². The van der Waals surface area contributed by atoms with E-state index in [2.05, 4.69) is 6.92 Å². The Balaban J connectivity index is 3.56. The Hall–Kier alpha value is -0.0800. The second kappa shape index (κ2) is 5.69. The second-order valence-electron chi connectivity index (χ2n) is 2.89. The summed E-state index contributed by atoms with van der Waals surface area (Å²) in [6.45, 7) is 4.45. The molecule has 2 heteroatoms. The van der Waals surface area contributed by atoms with Crippen molar-refractivity contribution in [3.8, 4) is 0 Å². The first-order valence-corrected chi connectivity index (χ1v) is 3.97. The maximum absolute atomic E-state index is 8.85. The summed E-state index contributed by atoms with van der Waals surface area (Å²) in [5, 5.41) is 17.6. The number of hydrogen-bond acceptors (Lipinski definition) is 2. The largest absolute Gasteiger partial charge is 0.396 e. The van der Waals surface area contributed by atoms with E-state index in [9.17, 15) is 0 Å². The van der Waals surface area contributed by atoms with Crippen LogP contribution in [0.3, 0.4) is 0 Å². The molecule has 0 aliphatic heterocycles. The van der Waals surface area contributed by atoms with E-state index in [4.69, 9.17) is 10.2 Å². The molecule has 0 saturated carbocycles. The van der Waals surface area contributed by atoms with Crippen LogP contribution in [0.15, 0.2) is 0 Å². The van der Waals surface area contributed by atoms with Crippen LogP contribution in [0.2, 0.25) is 0 Å². The topological polar surface area (TPSA) is 40.5 Å². The predicted molar refractivity (Wildman–Crippen MR) is 41.7 cm³/mol. The molecule has 0 bridgehead atoms. The molecule has 0 amide bonds. The van der Waals surface area contributed by atoms with Gasteiger partial charge in [-0.1, -0.05) is 20.3 Å². The third-order valence-corrected chi connectivity index (χ3v) is 1.99. The lowest BCUT2D eigenvalue weighted by atomic mass is 9.91. The molecule has 2 nitrogen and oxygen atoms in total. The van der Waals surface area contributed by atoms with Crippen LogP contribution in [-0.4, -0.2) is 23.4 Å². The molecule has 0 rings (SSSR count). The smallest absolute Gasteiger partial charge is 0.0462 e. The molecule has 0 aliphatic rings. The first-order chi connectivity index (χ1) is 4.76. The van der Waals surface area contributed by atoms with E-state index in [1.54, 1.807) is 0 Å². The molecule has 0 aromatic heterocycles. The number of rotatable bonds is 5. The SMILES string of the molecule is CCCC(CO)C(C)CO. The van der Waals surface area contributed by atoms with Gasteiger partial charge >= 0.3 is 0 Å². The molecule has 0 heterocycles. The van der Waals surface area contributed by atoms with Crippen molar-refractivity contribution < 1.29 is 10.2 Å². The molecule has 2 unspecified atom stereocenters. The average molecular weight is 146 g/mol. The van der Waals surface area contributed by atoms with E-state index in [1.807, 2.05) is 6.92 Å². The average Bonchev–Trinajstić information content (AvgIpc) is 1.99. The molecule has 10 heavy (non-hydrogen) atoms. The normalized spacial score (nSPS) is 16.8. The van der Waals surface area contributed by atoms with Gasteiger partial charge in [-0.15, -0.1) is 0 Å². The lowest BCUT2D eigenvalue weighted by molar-refractivity contribution is 0.124. The highest BCUT2D eigenvalue weighted by molar-refractivity contribution is 4.63. The molecule has 0 radical (unpaired) electrons. The first-order valence-electron chi connectivity index (χ1n) is 3.97. The summed E-state index contributed by atoms with van der Waals surface area (Å²) >= 11 is 0. The zero-order valence-electron chi connectivity index (χ0n) is 6.88. The Morgan fingerprint density at radius 3 is 2.10 bits per heavy atom. The highest BCUT2D eigenvalue weighted by Gasteiger charge is 2.13. The van der Waals surface area contributed by atoms with Crippen molar-refractivity contribution in [3.63, 3.8) is 0 Å². The molecular weight excluding hydrogens is 128 g/mol. The molecule has 0 fully saturated rings. The summed E-state index contributed by atoms with van der Waals surface area (Å²) in [6.07, 6.45) is 2.09. The van der Waals surface area contributed by atoms with Crippen molar-refractivity contribution in [2.75, 3.05) is 13.2 Å². The summed E-state index contributed by atoms with van der Waals surface area (Å²) in [4.78, 5) is 0. The molecule has 0 aromatic carbocycles. The van der Waals surface area contributed by atoms with E-state index in [0.717, 1.165) is 12.8 Å². The molecule has 2 atom stereocenters. The number of hydrogen-bond donors (Lipinski definition) is 2. The van der Waals surface area contributed by atoms with Crippen LogP contribution in [0.4, 0.5) is 0 Å². The van der Waals surface area contributed by atoms with E-state index >= 15 is 0 Å². The Bertz CT molecular complexity index is 73.7. The fourth-order valence-electron chi connectivity index (χ4n) is 1.08. The monoisotopic (exact) mass is 146 g/mol. The highest BCUT2D eigenvalue weighted by Crippen LogP contribution is 2.15. The van der Waals surface area contributed by atoms with E-state index < -0.39 is 0 Å². The predicted octanol–water partition coefficient (Wildman–Crippen LogP) is 1.02. The van der Waals surface area contributed by atoms with Crippen LogP contribution in [0.5, 0.6) is 0 Å². The Kier molecular flexibility index (Phi) is 5.64. The van der Waals surface area contributed by atoms with Crippen molar-refractivity contribution in [2.45, 2.75) is 26.7 Å². The molecule has 0 aliphatic carbocycles. The number of aliphatic hydroxyl groups is 2. The zero-order valence-corrected chi connectivity index (χ0v) is 6.88. The van der Waals surface area contributed by atoms with Crippen LogP contribution >= 0.6 is 0 Å². The first kappa shape index (κ1) is 9.92. The van der Waals surface area contributed by atoms with E-state index in [-0.39, 0.29) is 25.0 Å². The van der Waals surface area contributed by atoms with Crippen LogP contribution in [0, 0.1) is 11.8 Å². The van der Waals surface area contributed by atoms with Gasteiger partial charge in [-0.3, -0.25) is 0 Å². The maximum atomic E-state index is 8.85. The van der Waals surface area contributed by atoms with Crippen LogP contribution in [0.1, 0.15) is 26.7 Å². The molecule has 0 spiro atoms. The quantitative estimate of drug-likeness (QED) is 0.608. The van der Waals surface area contributed by atoms with Gasteiger partial charge in [0, 0.05) is 13.2 Å². The summed E-state index contributed by atoms with van der Waals surface area (Å²) in [5.74, 6) is 0.528. The third-order valence-electron chi connectivity index (χ3n) is 1.99. The van der Waals surface area contributed by atoms with Crippen LogP contribution < -0.4 is 0 Å². The summed E-state index contributed by atoms with van der Waals surface area (Å²) in [7, 11) is 0. The minimum Gasteiger partial charge on any atom is -0.396 e. The maximum Gasteiger partial charge on any atom is 0.0462 e. The molecular formula is C8H18O2. The van der Waals surface area contributed by atoms with E-state index in [0.29, 0.717) is 0 Å². The zero-order chi connectivity index (χ0) is 7.98. The Labute approximate surface area is 62.9 Å². The molecule has 62 valence electrons. The third kappa shape index (κ3) is 3.18. The summed E-state index contributed by atoms with van der Waals surface area (Å²) < 4.78 is 0. The Morgan fingerprint density at radius 2 is 1.80 bits per heavy atom. The van der Waals surface area contributed by atoms with Crippen LogP contribution in [0.25, 0.3) is 0 Å². The second-order valence-corrected chi connectivity index (χ2v) is 2.89. The molecule has 2 N–H and O–H groups in total. The molecule has 0 saturated heterocycles. The van der Waals surface area contributed by atoms with Gasteiger partial charge in [0.1, 0.15) is 0 Å². The summed E-state index contributed by atoms with van der Waals surface area (Å²) in [5.41, 5.74) is 0. The van der Waals surface area contributed by atoms with Gasteiger partial charge in [0.25, 0.3) is 0 Å². The van der Waals surface area contributed by atoms with Gasteiger partial charge in [-0.2, -0.15) is 0 Å². The van der Waals surface area contributed by atoms with Crippen molar-refractivity contribution in [2.24, 2.45) is 11.8 Å². The standard InChI is InChI=1S/C8H18O2/c1-3-4-8(6-10)7(2)5-9/h7-10H,3-6H2,1-2H3. The lowest BCUT2D eigenvalue weighted by Crippen LogP contribution is -2.18. The van der Waals surface area contributed by atoms with Gasteiger partial charge in [0.15, 0.2) is 0 Å². The minimum absolute atomic E-state index is 0.186. The van der Waals surface area contributed by atoms with Crippen molar-refractivity contribution in [1.29, 1.82) is 0 Å². The van der Waals surface area contributed by atoms with Crippen molar-refractivity contribution in [3.05, 3.63) is 0 Å². The van der Waals surface area contributed by atoms with Gasteiger partial charge in [-0.05, 0) is 18.3 Å². The fraction of sp³-hybridized carbons (Fsp3) is 1.00. The van der Waals surface area contributed by atoms with Crippen molar-refractivity contribution >= 4 is 0 Å². The molecule has 0 aromatic rings. The van der Waals surface area contributed by atoms with Crippen LogP contribution in [-0.2, 0) is 0 Å². The highest BCUT2D eigenvalue weighted by atomic mass is 16.3.